The van der Waals surface area contributed by atoms with Crippen LogP contribution in [0.1, 0.15) is 50.8 Å². The lowest BCUT2D eigenvalue weighted by molar-refractivity contribution is -0.138. The highest BCUT2D eigenvalue weighted by Crippen LogP contribution is 2.42. The molecule has 2 atom stereocenters. The van der Waals surface area contributed by atoms with E-state index in [0.717, 1.165) is 50.2 Å². The molecule has 3 aromatic carbocycles. The minimum Gasteiger partial charge on any atom is -0.494 e. The first-order chi connectivity index (χ1) is 26.4. The number of hydrogen-bond donors (Lipinski definition) is 5. The number of amides is 3. The van der Waals surface area contributed by atoms with E-state index < -0.39 is 23.7 Å². The van der Waals surface area contributed by atoms with Gasteiger partial charge in [-0.15, -0.1) is 0 Å². The molecule has 0 radical (unpaired) electrons. The average Bonchev–Trinajstić information content (AvgIpc) is 3.51. The number of alkyl halides is 3. The Kier molecular flexibility index (Phi) is 10.9. The van der Waals surface area contributed by atoms with E-state index in [9.17, 15) is 27.6 Å². The number of piperazine rings is 1. The number of thiol groups is 1. The maximum Gasteiger partial charge on any atom is 0.419 e. The molecule has 4 aromatic rings. The first kappa shape index (κ1) is 38.0. The van der Waals surface area contributed by atoms with Gasteiger partial charge in [0, 0.05) is 76.8 Å². The molecule has 12 nitrogen and oxygen atoms in total. The number of aromatic nitrogens is 1. The Labute approximate surface area is 321 Å². The Bertz CT molecular complexity index is 2110. The highest BCUT2D eigenvalue weighted by atomic mass is 32.1. The molecule has 16 heteroatoms. The number of carbonyl (C=O) groups excluding carboxylic acids is 3. The third-order valence-corrected chi connectivity index (χ3v) is 10.9. The summed E-state index contributed by atoms with van der Waals surface area (Å²) in [4.78, 5) is 47.5. The Morgan fingerprint density at radius 2 is 1.76 bits per heavy atom. The van der Waals surface area contributed by atoms with Gasteiger partial charge in [-0.1, -0.05) is 30.3 Å². The third-order valence-electron chi connectivity index (χ3n) is 10.3. The number of fused-ring (bicyclic) bond motifs is 1. The van der Waals surface area contributed by atoms with E-state index in [1.807, 2.05) is 24.3 Å². The number of rotatable bonds is 10. The van der Waals surface area contributed by atoms with Gasteiger partial charge in [-0.05, 0) is 47.4 Å². The molecule has 3 aliphatic rings. The molecule has 0 spiro atoms. The topological polar surface area (TPSA) is 131 Å². The number of para-hydroxylation sites is 1. The molecule has 3 aliphatic heterocycles. The van der Waals surface area contributed by atoms with E-state index in [-0.39, 0.29) is 39.9 Å². The summed E-state index contributed by atoms with van der Waals surface area (Å²) >= 11 is 4.87. The standard InChI is InChI=1S/C39H41F3N8O4S/c1-43-36(52)26-7-3-4-9-29(26)45-31-19-34(44-20-28(31)39(40,41)42)46-30-11-10-24(18-33(30)54-2)49-16-14-48(15-17-49)21-23-6-5-8-25-27(23)22-50(38(25)55)32-12-13-35(51)47-37(32)53/h3-11,18-20,32,38,55H,12-17,21-22H2,1-2H3,(H,43,52)(H2,44,45,46)(H,47,51,53). The van der Waals surface area contributed by atoms with Crippen LogP contribution in [0.4, 0.5) is 41.7 Å². The summed E-state index contributed by atoms with van der Waals surface area (Å²) in [5, 5.41) is 10.6. The van der Waals surface area contributed by atoms with Crippen LogP contribution in [0.3, 0.4) is 0 Å². The van der Waals surface area contributed by atoms with Crippen molar-refractivity contribution < 1.29 is 32.3 Å². The van der Waals surface area contributed by atoms with Gasteiger partial charge in [-0.3, -0.25) is 29.5 Å². The van der Waals surface area contributed by atoms with E-state index in [1.165, 1.54) is 43.5 Å². The minimum atomic E-state index is -4.70. The van der Waals surface area contributed by atoms with E-state index in [2.05, 4.69) is 53.1 Å². The smallest absolute Gasteiger partial charge is 0.419 e. The van der Waals surface area contributed by atoms with Gasteiger partial charge in [0.2, 0.25) is 11.8 Å². The molecular formula is C39H41F3N8O4S. The Morgan fingerprint density at radius 3 is 2.49 bits per heavy atom. The zero-order valence-corrected chi connectivity index (χ0v) is 31.1. The SMILES string of the molecule is CNC(=O)c1ccccc1Nc1cc(Nc2ccc(N3CCN(Cc4cccc5c4CN(C4CCC(=O)NC4=O)C5S)CC3)cc2OC)ncc1C(F)(F)F. The second kappa shape index (κ2) is 15.8. The molecule has 0 bridgehead atoms. The van der Waals surface area contributed by atoms with Crippen molar-refractivity contribution in [3.8, 4) is 5.75 Å². The van der Waals surface area contributed by atoms with E-state index in [0.29, 0.717) is 30.8 Å². The summed E-state index contributed by atoms with van der Waals surface area (Å²) in [7, 11) is 2.98. The summed E-state index contributed by atoms with van der Waals surface area (Å²) in [5.74, 6) is -0.309. The number of carbonyl (C=O) groups is 3. The highest BCUT2D eigenvalue weighted by molar-refractivity contribution is 7.80. The lowest BCUT2D eigenvalue weighted by Crippen LogP contribution is -2.51. The second-order valence-electron chi connectivity index (χ2n) is 13.6. The molecule has 3 amide bonds. The maximum atomic E-state index is 14.0. The van der Waals surface area contributed by atoms with Gasteiger partial charge in [-0.25, -0.2) is 4.98 Å². The largest absolute Gasteiger partial charge is 0.494 e. The molecule has 7 rings (SSSR count). The molecule has 2 saturated heterocycles. The van der Waals surface area contributed by atoms with Crippen LogP contribution in [0.15, 0.2) is 72.9 Å². The average molecular weight is 775 g/mol. The van der Waals surface area contributed by atoms with Crippen LogP contribution in [-0.4, -0.2) is 78.9 Å². The summed E-state index contributed by atoms with van der Waals surface area (Å²) in [5.41, 5.74) is 4.07. The van der Waals surface area contributed by atoms with Crippen LogP contribution in [0.2, 0.25) is 0 Å². The molecule has 4 N–H and O–H groups in total. The number of halogens is 3. The number of anilines is 5. The Balaban J connectivity index is 1.01. The predicted octanol–water partition coefficient (Wildman–Crippen LogP) is 5.83. The van der Waals surface area contributed by atoms with Crippen molar-refractivity contribution in [1.29, 1.82) is 0 Å². The number of hydrogen-bond acceptors (Lipinski definition) is 11. The lowest BCUT2D eigenvalue weighted by Gasteiger charge is -2.36. The monoisotopic (exact) mass is 774 g/mol. The Morgan fingerprint density at radius 1 is 0.982 bits per heavy atom. The summed E-state index contributed by atoms with van der Waals surface area (Å²) < 4.78 is 47.8. The van der Waals surface area contributed by atoms with Crippen molar-refractivity contribution in [1.82, 2.24) is 25.4 Å². The van der Waals surface area contributed by atoms with Crippen LogP contribution in [0.5, 0.6) is 5.75 Å². The van der Waals surface area contributed by atoms with Crippen LogP contribution >= 0.6 is 12.6 Å². The molecule has 0 aliphatic carbocycles. The Hall–Kier alpha value is -5.32. The molecule has 2 fully saturated rings. The zero-order chi connectivity index (χ0) is 38.9. The number of nitrogens with zero attached hydrogens (tertiary/aromatic N) is 4. The van der Waals surface area contributed by atoms with Crippen molar-refractivity contribution in [2.75, 3.05) is 55.9 Å². The normalized spacial score (nSPS) is 19.1. The number of benzene rings is 3. The number of piperidine rings is 1. The van der Waals surface area contributed by atoms with Crippen LogP contribution < -0.4 is 30.9 Å². The third kappa shape index (κ3) is 8.07. The highest BCUT2D eigenvalue weighted by Gasteiger charge is 2.40. The van der Waals surface area contributed by atoms with Crippen molar-refractivity contribution in [3.63, 3.8) is 0 Å². The fourth-order valence-corrected chi connectivity index (χ4v) is 7.89. The molecule has 1 aromatic heterocycles. The molecule has 4 heterocycles. The van der Waals surface area contributed by atoms with Crippen molar-refractivity contribution in [3.05, 3.63) is 101 Å². The van der Waals surface area contributed by atoms with Crippen LogP contribution in [0.25, 0.3) is 0 Å². The lowest BCUT2D eigenvalue weighted by atomic mass is 10.0. The van der Waals surface area contributed by atoms with Crippen LogP contribution in [0, 0.1) is 0 Å². The molecule has 288 valence electrons. The molecule has 2 unspecified atom stereocenters. The van der Waals surface area contributed by atoms with Crippen molar-refractivity contribution in [2.45, 2.75) is 43.5 Å². The summed E-state index contributed by atoms with van der Waals surface area (Å²) in [6.45, 7) is 4.48. The van der Waals surface area contributed by atoms with Gasteiger partial charge in [0.05, 0.1) is 46.7 Å². The predicted molar refractivity (Wildman–Crippen MR) is 206 cm³/mol. The zero-order valence-electron chi connectivity index (χ0n) is 30.2. The van der Waals surface area contributed by atoms with Crippen molar-refractivity contribution in [2.24, 2.45) is 0 Å². The number of nitrogens with one attached hydrogen (secondary N) is 4. The number of methoxy groups -OCH3 is 1. The van der Waals surface area contributed by atoms with Gasteiger partial charge in [0.15, 0.2) is 0 Å². The van der Waals surface area contributed by atoms with E-state index >= 15 is 0 Å². The summed E-state index contributed by atoms with van der Waals surface area (Å²) in [6.07, 6.45) is -3.15. The number of imide groups is 1. The van der Waals surface area contributed by atoms with Gasteiger partial charge < -0.3 is 25.6 Å². The van der Waals surface area contributed by atoms with Crippen molar-refractivity contribution >= 4 is 58.9 Å². The maximum absolute atomic E-state index is 14.0. The number of pyridine rings is 1. The first-order valence-corrected chi connectivity index (χ1v) is 18.4. The van der Waals surface area contributed by atoms with Gasteiger partial charge in [-0.2, -0.15) is 25.8 Å². The van der Waals surface area contributed by atoms with Gasteiger partial charge in [0.25, 0.3) is 5.91 Å². The quantitative estimate of drug-likeness (QED) is 0.0992. The molecule has 0 saturated carbocycles. The molecular weight excluding hydrogens is 734 g/mol. The second-order valence-corrected chi connectivity index (χ2v) is 14.1. The molecule has 55 heavy (non-hydrogen) atoms. The van der Waals surface area contributed by atoms with E-state index in [1.54, 1.807) is 12.1 Å². The first-order valence-electron chi connectivity index (χ1n) is 17.9. The van der Waals surface area contributed by atoms with E-state index in [4.69, 9.17) is 17.4 Å². The minimum absolute atomic E-state index is 0.143. The van der Waals surface area contributed by atoms with Crippen LogP contribution in [-0.2, 0) is 28.9 Å². The fourth-order valence-electron chi connectivity index (χ4n) is 7.41. The number of ether oxygens (including phenoxy) is 1. The fraction of sp³-hybridized carbons (Fsp3) is 0.333. The van der Waals surface area contributed by atoms with Gasteiger partial charge in [0.1, 0.15) is 11.6 Å². The van der Waals surface area contributed by atoms with Gasteiger partial charge >= 0.3 is 6.18 Å². The summed E-state index contributed by atoms with van der Waals surface area (Å²) in [6, 6.07) is 19.0.